The van der Waals surface area contributed by atoms with E-state index in [2.05, 4.69) is 4.72 Å². The fourth-order valence-corrected chi connectivity index (χ4v) is 2.86. The van der Waals surface area contributed by atoms with Crippen molar-refractivity contribution in [2.24, 2.45) is 0 Å². The minimum absolute atomic E-state index is 0.177. The van der Waals surface area contributed by atoms with Gasteiger partial charge in [0.2, 0.25) is 0 Å². The van der Waals surface area contributed by atoms with E-state index in [1.807, 2.05) is 37.3 Å². The van der Waals surface area contributed by atoms with Crippen LogP contribution in [-0.4, -0.2) is 26.3 Å². The van der Waals surface area contributed by atoms with Crippen LogP contribution in [0.15, 0.2) is 24.3 Å². The standard InChI is InChI=1S/C13H19N3O2S/c1-11-7-4-5-8-13(11)12(2)15-19(17,18)16(3)10-6-9-14/h4-5,7-8,12,15H,6,10H2,1-3H3/t12-/m1/s1. The maximum absolute atomic E-state index is 12.0. The first-order chi connectivity index (χ1) is 8.88. The number of benzene rings is 1. The smallest absolute Gasteiger partial charge is 0.198 e. The molecule has 0 spiro atoms. The first-order valence-electron chi connectivity index (χ1n) is 6.04. The van der Waals surface area contributed by atoms with Crippen molar-refractivity contribution in [2.75, 3.05) is 13.6 Å². The zero-order valence-corrected chi connectivity index (χ0v) is 12.2. The van der Waals surface area contributed by atoms with Gasteiger partial charge in [0.25, 0.3) is 10.2 Å². The Hall–Kier alpha value is -1.42. The van der Waals surface area contributed by atoms with Crippen LogP contribution >= 0.6 is 0 Å². The third kappa shape index (κ3) is 4.31. The second kappa shape index (κ2) is 6.66. The maximum atomic E-state index is 12.0. The van der Waals surface area contributed by atoms with Crippen molar-refractivity contribution >= 4 is 10.2 Å². The number of nitrogens with one attached hydrogen (secondary N) is 1. The van der Waals surface area contributed by atoms with E-state index in [1.165, 1.54) is 7.05 Å². The molecule has 19 heavy (non-hydrogen) atoms. The molecule has 0 aliphatic carbocycles. The van der Waals surface area contributed by atoms with Gasteiger partial charge in [-0.25, -0.2) is 0 Å². The average molecular weight is 281 g/mol. The highest BCUT2D eigenvalue weighted by molar-refractivity contribution is 7.87. The molecule has 1 N–H and O–H groups in total. The van der Waals surface area contributed by atoms with Crippen LogP contribution < -0.4 is 4.72 Å². The highest BCUT2D eigenvalue weighted by Gasteiger charge is 2.21. The number of nitrogens with zero attached hydrogens (tertiary/aromatic N) is 2. The third-order valence-corrected chi connectivity index (χ3v) is 4.58. The third-order valence-electron chi connectivity index (χ3n) is 2.93. The van der Waals surface area contributed by atoms with Crippen LogP contribution in [0.25, 0.3) is 0 Å². The van der Waals surface area contributed by atoms with Crippen LogP contribution in [0.1, 0.15) is 30.5 Å². The highest BCUT2D eigenvalue weighted by Crippen LogP contribution is 2.18. The molecule has 0 unspecified atom stereocenters. The van der Waals surface area contributed by atoms with E-state index in [-0.39, 0.29) is 19.0 Å². The zero-order valence-electron chi connectivity index (χ0n) is 11.4. The summed E-state index contributed by atoms with van der Waals surface area (Å²) in [5.41, 5.74) is 1.98. The second-order valence-electron chi connectivity index (χ2n) is 4.43. The van der Waals surface area contributed by atoms with E-state index < -0.39 is 10.2 Å². The summed E-state index contributed by atoms with van der Waals surface area (Å²) in [7, 11) is -2.10. The summed E-state index contributed by atoms with van der Waals surface area (Å²) in [4.78, 5) is 0. The first-order valence-corrected chi connectivity index (χ1v) is 7.48. The van der Waals surface area contributed by atoms with Gasteiger partial charge in [-0.1, -0.05) is 24.3 Å². The Balaban J connectivity index is 2.79. The predicted octanol–water partition coefficient (Wildman–Crippen LogP) is 1.74. The van der Waals surface area contributed by atoms with Crippen molar-refractivity contribution in [1.82, 2.24) is 9.03 Å². The Labute approximate surface area is 115 Å². The molecule has 1 aromatic rings. The summed E-state index contributed by atoms with van der Waals surface area (Å²) in [5.74, 6) is 0. The summed E-state index contributed by atoms with van der Waals surface area (Å²) in [6.45, 7) is 3.93. The molecule has 0 aliphatic heterocycles. The first kappa shape index (κ1) is 15.6. The molecular formula is C13H19N3O2S. The van der Waals surface area contributed by atoms with E-state index in [4.69, 9.17) is 5.26 Å². The number of hydrogen-bond donors (Lipinski definition) is 1. The van der Waals surface area contributed by atoms with Gasteiger partial charge >= 0.3 is 0 Å². The molecule has 6 heteroatoms. The molecule has 0 bridgehead atoms. The van der Waals surface area contributed by atoms with Gasteiger partial charge in [-0.3, -0.25) is 0 Å². The normalized spacial score (nSPS) is 13.2. The largest absolute Gasteiger partial charge is 0.279 e. The molecular weight excluding hydrogens is 262 g/mol. The van der Waals surface area contributed by atoms with Crippen molar-refractivity contribution in [3.05, 3.63) is 35.4 Å². The number of hydrogen-bond acceptors (Lipinski definition) is 3. The molecule has 0 saturated carbocycles. The molecule has 1 rings (SSSR count). The molecule has 104 valence electrons. The highest BCUT2D eigenvalue weighted by atomic mass is 32.2. The van der Waals surface area contributed by atoms with Crippen LogP contribution in [-0.2, 0) is 10.2 Å². The Kier molecular flexibility index (Phi) is 5.48. The van der Waals surface area contributed by atoms with Crippen LogP contribution in [0.4, 0.5) is 0 Å². The Bertz CT molecular complexity index is 563. The van der Waals surface area contributed by atoms with Crippen LogP contribution in [0.5, 0.6) is 0 Å². The summed E-state index contributed by atoms with van der Waals surface area (Å²) in [6.07, 6.45) is 0.177. The molecule has 5 nitrogen and oxygen atoms in total. The average Bonchev–Trinajstić information content (AvgIpc) is 2.35. The number of rotatable bonds is 6. The Morgan fingerprint density at radius 1 is 1.42 bits per heavy atom. The lowest BCUT2D eigenvalue weighted by Gasteiger charge is -2.21. The minimum atomic E-state index is -3.56. The topological polar surface area (TPSA) is 73.2 Å². The Morgan fingerprint density at radius 3 is 2.63 bits per heavy atom. The van der Waals surface area contributed by atoms with Gasteiger partial charge < -0.3 is 0 Å². The summed E-state index contributed by atoms with van der Waals surface area (Å²) in [6, 6.07) is 9.26. The van der Waals surface area contributed by atoms with Crippen LogP contribution in [0.3, 0.4) is 0 Å². The fourth-order valence-electron chi connectivity index (χ4n) is 1.78. The van der Waals surface area contributed by atoms with Crippen molar-refractivity contribution < 1.29 is 8.42 Å². The predicted molar refractivity (Wildman–Crippen MR) is 74.5 cm³/mol. The molecule has 0 fully saturated rings. The lowest BCUT2D eigenvalue weighted by atomic mass is 10.0. The van der Waals surface area contributed by atoms with E-state index in [0.717, 1.165) is 15.4 Å². The minimum Gasteiger partial charge on any atom is -0.198 e. The lowest BCUT2D eigenvalue weighted by molar-refractivity contribution is 0.456. The van der Waals surface area contributed by atoms with Gasteiger partial charge in [-0.15, -0.1) is 0 Å². The summed E-state index contributed by atoms with van der Waals surface area (Å²) >= 11 is 0. The summed E-state index contributed by atoms with van der Waals surface area (Å²) < 4.78 is 27.8. The van der Waals surface area contributed by atoms with Gasteiger partial charge in [0.05, 0.1) is 6.07 Å². The monoisotopic (exact) mass is 281 g/mol. The van der Waals surface area contributed by atoms with Crippen LogP contribution in [0.2, 0.25) is 0 Å². The zero-order chi connectivity index (χ0) is 14.5. The molecule has 1 aromatic carbocycles. The molecule has 0 heterocycles. The fraction of sp³-hybridized carbons (Fsp3) is 0.462. The molecule has 1 atom stereocenters. The summed E-state index contributed by atoms with van der Waals surface area (Å²) in [5, 5.41) is 8.49. The van der Waals surface area contributed by atoms with Gasteiger partial charge in [0.1, 0.15) is 0 Å². The van der Waals surface area contributed by atoms with Gasteiger partial charge in [-0.2, -0.15) is 22.7 Å². The number of aryl methyl sites for hydroxylation is 1. The van der Waals surface area contributed by atoms with E-state index in [1.54, 1.807) is 6.92 Å². The van der Waals surface area contributed by atoms with Crippen molar-refractivity contribution in [1.29, 1.82) is 5.26 Å². The number of nitriles is 1. The van der Waals surface area contributed by atoms with Gasteiger partial charge in [-0.05, 0) is 25.0 Å². The van der Waals surface area contributed by atoms with Crippen molar-refractivity contribution in [3.63, 3.8) is 0 Å². The van der Waals surface area contributed by atoms with E-state index >= 15 is 0 Å². The van der Waals surface area contributed by atoms with Crippen molar-refractivity contribution in [3.8, 4) is 6.07 Å². The van der Waals surface area contributed by atoms with Crippen molar-refractivity contribution in [2.45, 2.75) is 26.3 Å². The van der Waals surface area contributed by atoms with E-state index in [9.17, 15) is 8.42 Å². The van der Waals surface area contributed by atoms with Gasteiger partial charge in [0, 0.05) is 26.1 Å². The SMILES string of the molecule is Cc1ccccc1[C@@H](C)NS(=O)(=O)N(C)CCC#N. The molecule has 0 saturated heterocycles. The quantitative estimate of drug-likeness (QED) is 0.863. The molecule has 0 radical (unpaired) electrons. The molecule has 0 amide bonds. The second-order valence-corrected chi connectivity index (χ2v) is 6.24. The molecule has 0 aliphatic rings. The van der Waals surface area contributed by atoms with Gasteiger partial charge in [0.15, 0.2) is 0 Å². The lowest BCUT2D eigenvalue weighted by Crippen LogP contribution is -2.40. The Morgan fingerprint density at radius 2 is 2.05 bits per heavy atom. The maximum Gasteiger partial charge on any atom is 0.279 e. The molecule has 0 aromatic heterocycles. The van der Waals surface area contributed by atoms with Crippen LogP contribution in [0, 0.1) is 18.3 Å². The van der Waals surface area contributed by atoms with E-state index in [0.29, 0.717) is 0 Å².